The number of amides is 1. The van der Waals surface area contributed by atoms with Crippen molar-refractivity contribution in [2.24, 2.45) is 0 Å². The number of ether oxygens (including phenoxy) is 1. The van der Waals surface area contributed by atoms with Gasteiger partial charge in [-0.15, -0.1) is 0 Å². The Bertz CT molecular complexity index is 1180. The van der Waals surface area contributed by atoms with Crippen LogP contribution in [0.4, 0.5) is 5.69 Å². The Kier molecular flexibility index (Phi) is 7.20. The molecule has 6 nitrogen and oxygen atoms in total. The molecule has 31 heavy (non-hydrogen) atoms. The lowest BCUT2D eigenvalue weighted by atomic mass is 10.1. The number of anilines is 1. The van der Waals surface area contributed by atoms with Gasteiger partial charge in [0.1, 0.15) is 12.4 Å². The van der Waals surface area contributed by atoms with Crippen LogP contribution in [0.1, 0.15) is 21.5 Å². The SMILES string of the molecule is Cc1cccc(OCCNC(=O)c2cc(NS(=O)(=O)c3ccccc3)ccc2Cl)c1C. The van der Waals surface area contributed by atoms with Gasteiger partial charge in [0.25, 0.3) is 15.9 Å². The van der Waals surface area contributed by atoms with Crippen LogP contribution >= 0.6 is 11.6 Å². The molecule has 3 rings (SSSR count). The number of nitrogens with one attached hydrogen (secondary N) is 2. The fourth-order valence-corrected chi connectivity index (χ4v) is 4.15. The Balaban J connectivity index is 1.63. The van der Waals surface area contributed by atoms with Crippen LogP contribution in [0.25, 0.3) is 0 Å². The van der Waals surface area contributed by atoms with Crippen molar-refractivity contribution in [2.75, 3.05) is 17.9 Å². The molecule has 2 N–H and O–H groups in total. The van der Waals surface area contributed by atoms with E-state index in [1.165, 1.54) is 30.3 Å². The average molecular weight is 459 g/mol. The summed E-state index contributed by atoms with van der Waals surface area (Å²) in [6.07, 6.45) is 0. The number of rotatable bonds is 8. The molecule has 0 unspecified atom stereocenters. The first-order valence-electron chi connectivity index (χ1n) is 9.62. The summed E-state index contributed by atoms with van der Waals surface area (Å²) in [5.41, 5.74) is 2.59. The predicted octanol–water partition coefficient (Wildman–Crippen LogP) is 4.57. The number of benzene rings is 3. The van der Waals surface area contributed by atoms with Crippen molar-refractivity contribution in [3.05, 3.63) is 88.4 Å². The standard InChI is InChI=1S/C23H23ClN2O4S/c1-16-7-6-10-22(17(16)2)30-14-13-25-23(27)20-15-18(11-12-21(20)24)26-31(28,29)19-8-4-3-5-9-19/h3-12,15,26H,13-14H2,1-2H3,(H,25,27). The molecule has 0 aliphatic rings. The van der Waals surface area contributed by atoms with Gasteiger partial charge in [-0.05, 0) is 61.4 Å². The molecule has 3 aromatic rings. The molecule has 0 spiro atoms. The highest BCUT2D eigenvalue weighted by atomic mass is 35.5. The first-order chi connectivity index (χ1) is 14.8. The van der Waals surface area contributed by atoms with Crippen molar-refractivity contribution in [1.82, 2.24) is 5.32 Å². The van der Waals surface area contributed by atoms with E-state index in [-0.39, 0.29) is 34.3 Å². The van der Waals surface area contributed by atoms with Gasteiger partial charge in [-0.1, -0.05) is 41.9 Å². The second-order valence-corrected chi connectivity index (χ2v) is 9.01. The third-order valence-corrected chi connectivity index (χ3v) is 6.44. The van der Waals surface area contributed by atoms with Gasteiger partial charge >= 0.3 is 0 Å². The van der Waals surface area contributed by atoms with E-state index in [0.29, 0.717) is 0 Å². The lowest BCUT2D eigenvalue weighted by Gasteiger charge is -2.13. The van der Waals surface area contributed by atoms with E-state index in [9.17, 15) is 13.2 Å². The second kappa shape index (κ2) is 9.85. The summed E-state index contributed by atoms with van der Waals surface area (Å²) in [5, 5.41) is 2.96. The molecule has 0 fully saturated rings. The third kappa shape index (κ3) is 5.77. The van der Waals surface area contributed by atoms with Crippen LogP contribution in [0.15, 0.2) is 71.6 Å². The van der Waals surface area contributed by atoms with E-state index >= 15 is 0 Å². The van der Waals surface area contributed by atoms with Crippen LogP contribution in [0.5, 0.6) is 5.75 Å². The zero-order chi connectivity index (χ0) is 22.4. The van der Waals surface area contributed by atoms with Gasteiger partial charge in [-0.25, -0.2) is 8.42 Å². The van der Waals surface area contributed by atoms with Gasteiger partial charge in [0.05, 0.1) is 22.0 Å². The maximum Gasteiger partial charge on any atom is 0.261 e. The van der Waals surface area contributed by atoms with Gasteiger partial charge in [0.2, 0.25) is 0 Å². The van der Waals surface area contributed by atoms with Gasteiger partial charge < -0.3 is 10.1 Å². The molecule has 0 atom stereocenters. The number of aryl methyl sites for hydroxylation is 1. The minimum atomic E-state index is -3.77. The van der Waals surface area contributed by atoms with E-state index in [2.05, 4.69) is 10.0 Å². The summed E-state index contributed by atoms with van der Waals surface area (Å²) < 4.78 is 33.2. The van der Waals surface area contributed by atoms with E-state index < -0.39 is 15.9 Å². The molecule has 0 aliphatic heterocycles. The van der Waals surface area contributed by atoms with E-state index in [4.69, 9.17) is 16.3 Å². The quantitative estimate of drug-likeness (QED) is 0.484. The summed E-state index contributed by atoms with van der Waals surface area (Å²) in [4.78, 5) is 12.7. The fraction of sp³-hybridized carbons (Fsp3) is 0.174. The maximum absolute atomic E-state index is 12.6. The van der Waals surface area contributed by atoms with Gasteiger partial charge in [0.15, 0.2) is 0 Å². The first-order valence-corrected chi connectivity index (χ1v) is 11.5. The van der Waals surface area contributed by atoms with Crippen LogP contribution in [0.2, 0.25) is 5.02 Å². The normalized spacial score (nSPS) is 11.1. The zero-order valence-electron chi connectivity index (χ0n) is 17.2. The molecular weight excluding hydrogens is 436 g/mol. The Morgan fingerprint density at radius 2 is 1.74 bits per heavy atom. The molecule has 0 radical (unpaired) electrons. The Hall–Kier alpha value is -3.03. The lowest BCUT2D eigenvalue weighted by molar-refractivity contribution is 0.0947. The Labute approximate surface area is 187 Å². The Morgan fingerprint density at radius 3 is 2.48 bits per heavy atom. The van der Waals surface area contributed by atoms with Crippen LogP contribution in [0, 0.1) is 13.8 Å². The summed E-state index contributed by atoms with van der Waals surface area (Å²) in [7, 11) is -3.77. The monoisotopic (exact) mass is 458 g/mol. The van der Waals surface area contributed by atoms with Crippen molar-refractivity contribution in [2.45, 2.75) is 18.7 Å². The van der Waals surface area contributed by atoms with Crippen molar-refractivity contribution >= 4 is 33.2 Å². The van der Waals surface area contributed by atoms with Gasteiger partial charge in [0, 0.05) is 5.69 Å². The molecular formula is C23H23ClN2O4S. The summed E-state index contributed by atoms with van der Waals surface area (Å²) in [6.45, 7) is 4.53. The number of hydrogen-bond acceptors (Lipinski definition) is 4. The highest BCUT2D eigenvalue weighted by molar-refractivity contribution is 7.92. The maximum atomic E-state index is 12.6. The van der Waals surface area contributed by atoms with Crippen LogP contribution in [0.3, 0.4) is 0 Å². The number of halogens is 1. The van der Waals surface area contributed by atoms with Crippen LogP contribution in [-0.2, 0) is 10.0 Å². The van der Waals surface area contributed by atoms with Crippen molar-refractivity contribution in [3.8, 4) is 5.75 Å². The zero-order valence-corrected chi connectivity index (χ0v) is 18.8. The van der Waals surface area contributed by atoms with Crippen molar-refractivity contribution in [3.63, 3.8) is 0 Å². The third-order valence-electron chi connectivity index (χ3n) is 4.72. The molecule has 0 aliphatic carbocycles. The van der Waals surface area contributed by atoms with Crippen LogP contribution in [-0.4, -0.2) is 27.5 Å². The fourth-order valence-electron chi connectivity index (χ4n) is 2.88. The van der Waals surface area contributed by atoms with Gasteiger partial charge in [-0.2, -0.15) is 0 Å². The largest absolute Gasteiger partial charge is 0.491 e. The van der Waals surface area contributed by atoms with Crippen molar-refractivity contribution < 1.29 is 17.9 Å². The number of sulfonamides is 1. The summed E-state index contributed by atoms with van der Waals surface area (Å²) >= 11 is 6.16. The van der Waals surface area contributed by atoms with E-state index in [0.717, 1.165) is 16.9 Å². The minimum Gasteiger partial charge on any atom is -0.491 e. The van der Waals surface area contributed by atoms with E-state index in [1.807, 2.05) is 32.0 Å². The summed E-state index contributed by atoms with van der Waals surface area (Å²) in [5.74, 6) is 0.347. The number of carbonyl (C=O) groups excluding carboxylic acids is 1. The Morgan fingerprint density at radius 1 is 1.00 bits per heavy atom. The van der Waals surface area contributed by atoms with Crippen LogP contribution < -0.4 is 14.8 Å². The molecule has 1 amide bonds. The molecule has 0 saturated heterocycles. The molecule has 3 aromatic carbocycles. The smallest absolute Gasteiger partial charge is 0.261 e. The predicted molar refractivity (Wildman–Crippen MR) is 122 cm³/mol. The molecule has 8 heteroatoms. The highest BCUT2D eigenvalue weighted by Crippen LogP contribution is 2.23. The molecule has 0 aromatic heterocycles. The second-order valence-electron chi connectivity index (χ2n) is 6.92. The molecule has 0 saturated carbocycles. The minimum absolute atomic E-state index is 0.125. The average Bonchev–Trinajstić information content (AvgIpc) is 2.75. The number of hydrogen-bond donors (Lipinski definition) is 2. The van der Waals surface area contributed by atoms with Crippen molar-refractivity contribution in [1.29, 1.82) is 0 Å². The topological polar surface area (TPSA) is 84.5 Å². The van der Waals surface area contributed by atoms with E-state index in [1.54, 1.807) is 18.2 Å². The summed E-state index contributed by atoms with van der Waals surface area (Å²) in [6, 6.07) is 18.2. The lowest BCUT2D eigenvalue weighted by Crippen LogP contribution is -2.28. The molecule has 162 valence electrons. The molecule has 0 bridgehead atoms. The molecule has 0 heterocycles. The number of carbonyl (C=O) groups is 1. The highest BCUT2D eigenvalue weighted by Gasteiger charge is 2.16. The van der Waals surface area contributed by atoms with Gasteiger partial charge in [-0.3, -0.25) is 9.52 Å². The first kappa shape index (κ1) is 22.7.